The molecule has 0 amide bonds. The van der Waals surface area contributed by atoms with Crippen LogP contribution in [0.15, 0.2) is 83.3 Å². The number of para-hydroxylation sites is 1. The van der Waals surface area contributed by atoms with Crippen molar-refractivity contribution in [3.05, 3.63) is 112 Å². The lowest BCUT2D eigenvalue weighted by atomic mass is 9.98. The van der Waals surface area contributed by atoms with Crippen LogP contribution >= 0.6 is 15.9 Å². The molecule has 0 aliphatic carbocycles. The van der Waals surface area contributed by atoms with E-state index in [0.29, 0.717) is 47.5 Å². The Bertz CT molecular complexity index is 2360. The van der Waals surface area contributed by atoms with Gasteiger partial charge in [0.1, 0.15) is 35.1 Å². The number of aromatic nitrogens is 3. The second kappa shape index (κ2) is 17.0. The average molecular weight is 821 g/mol. The zero-order valence-corrected chi connectivity index (χ0v) is 34.4. The van der Waals surface area contributed by atoms with Gasteiger partial charge in [0.25, 0.3) is 0 Å². The fourth-order valence-electron chi connectivity index (χ4n) is 7.63. The minimum Gasteiger partial charge on any atom is -0.493 e. The first kappa shape index (κ1) is 39.3. The van der Waals surface area contributed by atoms with Gasteiger partial charge in [0, 0.05) is 83.9 Å². The van der Waals surface area contributed by atoms with E-state index in [9.17, 15) is 9.59 Å². The van der Waals surface area contributed by atoms with Gasteiger partial charge in [0.15, 0.2) is 6.29 Å². The quantitative estimate of drug-likeness (QED) is 0.0664. The van der Waals surface area contributed by atoms with Gasteiger partial charge in [0.2, 0.25) is 0 Å². The summed E-state index contributed by atoms with van der Waals surface area (Å²) >= 11 is 3.43. The summed E-state index contributed by atoms with van der Waals surface area (Å²) < 4.78 is 23.6. The molecular formula is C45H50BrN5O5. The molecule has 0 bridgehead atoms. The van der Waals surface area contributed by atoms with Crippen LogP contribution in [-0.4, -0.2) is 76.4 Å². The first-order valence-corrected chi connectivity index (χ1v) is 20.1. The molecule has 56 heavy (non-hydrogen) atoms. The van der Waals surface area contributed by atoms with Crippen LogP contribution in [0.2, 0.25) is 0 Å². The Morgan fingerprint density at radius 3 is 2.48 bits per heavy atom. The number of hydrogen-bond acceptors (Lipinski definition) is 8. The van der Waals surface area contributed by atoms with Crippen molar-refractivity contribution in [1.29, 1.82) is 0 Å². The van der Waals surface area contributed by atoms with E-state index in [2.05, 4.69) is 74.0 Å². The van der Waals surface area contributed by atoms with E-state index in [1.165, 1.54) is 0 Å². The molecule has 1 aliphatic rings. The van der Waals surface area contributed by atoms with E-state index < -0.39 is 5.60 Å². The summed E-state index contributed by atoms with van der Waals surface area (Å²) in [5.74, 6) is 1.09. The highest BCUT2D eigenvalue weighted by Crippen LogP contribution is 2.39. The standard InChI is InChI=1S/C45H50BrN5O5/c1-30-41(39(48-49(30)5)29-55-33-18-19-38(46)32(27-33)28-52)37-15-9-14-35-36(16-10-26-54-40-17-8-12-31-11-6-7-13-34(31)40)43(44(53)56-45(2,3)4)51(42(35)37)25-24-50-22-20-47-21-23-50/h6-9,11-15,17-19,27-28,47H,10,16,20-26,29H2,1-5H3. The Hall–Kier alpha value is -4.97. The molecule has 6 aromatic rings. The van der Waals surface area contributed by atoms with Crippen LogP contribution in [0.25, 0.3) is 32.8 Å². The van der Waals surface area contributed by atoms with Crippen molar-refractivity contribution in [2.24, 2.45) is 7.05 Å². The molecule has 0 unspecified atom stereocenters. The van der Waals surface area contributed by atoms with E-state index in [1.807, 2.05) is 68.9 Å². The van der Waals surface area contributed by atoms with E-state index in [1.54, 1.807) is 6.07 Å². The summed E-state index contributed by atoms with van der Waals surface area (Å²) in [5.41, 5.74) is 5.98. The molecule has 0 saturated carbocycles. The number of hydrogen-bond donors (Lipinski definition) is 1. The van der Waals surface area contributed by atoms with Gasteiger partial charge in [-0.1, -0.05) is 70.5 Å². The number of aldehydes is 1. The molecule has 10 nitrogen and oxygen atoms in total. The third-order valence-corrected chi connectivity index (χ3v) is 11.1. The summed E-state index contributed by atoms with van der Waals surface area (Å²) in [4.78, 5) is 28.6. The van der Waals surface area contributed by atoms with Gasteiger partial charge >= 0.3 is 5.97 Å². The van der Waals surface area contributed by atoms with E-state index in [-0.39, 0.29) is 12.6 Å². The molecule has 1 fully saturated rings. The first-order valence-electron chi connectivity index (χ1n) is 19.3. The molecule has 0 spiro atoms. The molecule has 4 aromatic carbocycles. The fourth-order valence-corrected chi connectivity index (χ4v) is 7.97. The number of fused-ring (bicyclic) bond motifs is 2. The monoisotopic (exact) mass is 819 g/mol. The van der Waals surface area contributed by atoms with Crippen LogP contribution < -0.4 is 14.8 Å². The highest BCUT2D eigenvalue weighted by Gasteiger charge is 2.30. The Balaban J connectivity index is 1.31. The number of ether oxygens (including phenoxy) is 3. The van der Waals surface area contributed by atoms with Crippen molar-refractivity contribution in [3.8, 4) is 22.6 Å². The molecule has 2 aromatic heterocycles. The van der Waals surface area contributed by atoms with Gasteiger partial charge in [-0.05, 0) is 75.8 Å². The molecule has 0 atom stereocenters. The lowest BCUT2D eigenvalue weighted by molar-refractivity contribution is 0.00560. The third-order valence-electron chi connectivity index (χ3n) is 10.4. The van der Waals surface area contributed by atoms with Crippen LogP contribution in [0.3, 0.4) is 0 Å². The van der Waals surface area contributed by atoms with Gasteiger partial charge in [0.05, 0.1) is 12.1 Å². The minimum atomic E-state index is -0.685. The SMILES string of the molecule is Cc1c(-c2cccc3c(CCCOc4cccc5ccccc45)c(C(=O)OC(C)(C)C)n(CCN4CCNCC4)c23)c(COc2ccc(Br)c(C=O)c2)nn1C. The number of piperazine rings is 1. The molecule has 11 heteroatoms. The minimum absolute atomic E-state index is 0.187. The molecule has 1 N–H and O–H groups in total. The Morgan fingerprint density at radius 2 is 1.70 bits per heavy atom. The lowest BCUT2D eigenvalue weighted by Gasteiger charge is -2.28. The number of nitrogens with zero attached hydrogens (tertiary/aromatic N) is 4. The molecule has 3 heterocycles. The van der Waals surface area contributed by atoms with Crippen molar-refractivity contribution in [2.45, 2.75) is 59.3 Å². The fraction of sp³-hybridized carbons (Fsp3) is 0.356. The first-order chi connectivity index (χ1) is 27.0. The Labute approximate surface area is 336 Å². The molecule has 0 radical (unpaired) electrons. The zero-order valence-electron chi connectivity index (χ0n) is 32.9. The third kappa shape index (κ3) is 8.55. The van der Waals surface area contributed by atoms with E-state index >= 15 is 0 Å². The number of esters is 1. The van der Waals surface area contributed by atoms with Gasteiger partial charge in [-0.3, -0.25) is 14.4 Å². The van der Waals surface area contributed by atoms with Gasteiger partial charge in [-0.25, -0.2) is 4.79 Å². The molecular weight excluding hydrogens is 770 g/mol. The predicted molar refractivity (Wildman–Crippen MR) is 225 cm³/mol. The van der Waals surface area contributed by atoms with Crippen molar-refractivity contribution in [3.63, 3.8) is 0 Å². The number of halogens is 1. The number of nitrogens with one attached hydrogen (secondary N) is 1. The summed E-state index contributed by atoms with van der Waals surface area (Å²) in [6.07, 6.45) is 2.11. The zero-order chi connectivity index (χ0) is 39.4. The maximum Gasteiger partial charge on any atom is 0.355 e. The van der Waals surface area contributed by atoms with E-state index in [4.69, 9.17) is 19.3 Å². The summed E-state index contributed by atoms with van der Waals surface area (Å²) in [5, 5.41) is 11.6. The van der Waals surface area contributed by atoms with Gasteiger partial charge in [-0.2, -0.15) is 5.10 Å². The number of carbonyl (C=O) groups is 2. The van der Waals surface area contributed by atoms with Crippen molar-refractivity contribution < 1.29 is 23.8 Å². The number of benzene rings is 4. The molecule has 1 aliphatic heterocycles. The largest absolute Gasteiger partial charge is 0.493 e. The van der Waals surface area contributed by atoms with Crippen molar-refractivity contribution in [2.75, 3.05) is 39.3 Å². The smallest absolute Gasteiger partial charge is 0.355 e. The molecule has 1 saturated heterocycles. The summed E-state index contributed by atoms with van der Waals surface area (Å²) in [6.45, 7) is 13.6. The van der Waals surface area contributed by atoms with Gasteiger partial charge < -0.3 is 24.1 Å². The Morgan fingerprint density at radius 1 is 0.946 bits per heavy atom. The molecule has 7 rings (SSSR count). The van der Waals surface area contributed by atoms with Crippen LogP contribution in [0.5, 0.6) is 11.5 Å². The highest BCUT2D eigenvalue weighted by atomic mass is 79.9. The number of rotatable bonds is 14. The average Bonchev–Trinajstić information content (AvgIpc) is 3.67. The lowest BCUT2D eigenvalue weighted by Crippen LogP contribution is -2.44. The van der Waals surface area contributed by atoms with Crippen molar-refractivity contribution >= 4 is 49.9 Å². The maximum atomic E-state index is 14.5. The van der Waals surface area contributed by atoms with Crippen LogP contribution in [0.4, 0.5) is 0 Å². The normalized spacial score (nSPS) is 13.7. The van der Waals surface area contributed by atoms with Crippen LogP contribution in [0.1, 0.15) is 65.0 Å². The highest BCUT2D eigenvalue weighted by molar-refractivity contribution is 9.10. The topological polar surface area (TPSA) is 99.8 Å². The maximum absolute atomic E-state index is 14.5. The number of carbonyl (C=O) groups excluding carboxylic acids is 2. The predicted octanol–water partition coefficient (Wildman–Crippen LogP) is 8.53. The summed E-state index contributed by atoms with van der Waals surface area (Å²) in [6, 6.07) is 26.0. The number of aryl methyl sites for hydroxylation is 2. The van der Waals surface area contributed by atoms with Crippen molar-refractivity contribution in [1.82, 2.24) is 24.6 Å². The summed E-state index contributed by atoms with van der Waals surface area (Å²) in [7, 11) is 1.93. The van der Waals surface area contributed by atoms with E-state index in [0.717, 1.165) is 94.5 Å². The van der Waals surface area contributed by atoms with Crippen LogP contribution in [0, 0.1) is 6.92 Å². The Kier molecular flexibility index (Phi) is 11.9. The van der Waals surface area contributed by atoms with Gasteiger partial charge in [-0.15, -0.1) is 0 Å². The van der Waals surface area contributed by atoms with Crippen LogP contribution in [-0.2, 0) is 31.4 Å². The molecule has 292 valence electrons. The second-order valence-electron chi connectivity index (χ2n) is 15.3. The second-order valence-corrected chi connectivity index (χ2v) is 16.2.